The van der Waals surface area contributed by atoms with E-state index in [1.807, 2.05) is 0 Å². The Morgan fingerprint density at radius 2 is 0.815 bits per heavy atom. The van der Waals surface area contributed by atoms with Crippen molar-refractivity contribution >= 4 is 25.7 Å². The maximum absolute atomic E-state index is 12.7. The minimum Gasteiger partial charge on any atom is -0.480 e. The van der Waals surface area contributed by atoms with Gasteiger partial charge in [-0.15, -0.1) is 0 Å². The van der Waals surface area contributed by atoms with Crippen LogP contribution in [0, 0.1) is 0 Å². The highest BCUT2D eigenvalue weighted by molar-refractivity contribution is 7.47. The van der Waals surface area contributed by atoms with Crippen molar-refractivity contribution in [3.05, 3.63) is 36.5 Å². The van der Waals surface area contributed by atoms with E-state index in [0.29, 0.717) is 12.8 Å². The zero-order chi connectivity index (χ0) is 47.7. The lowest BCUT2D eigenvalue weighted by atomic mass is 10.0. The van der Waals surface area contributed by atoms with Crippen LogP contribution in [0.4, 0.5) is 0 Å². The summed E-state index contributed by atoms with van der Waals surface area (Å²) in [5.41, 5.74) is 5.36. The monoisotopic (exact) mass is 940 g/mol. The van der Waals surface area contributed by atoms with Gasteiger partial charge in [0.25, 0.3) is 0 Å². The standard InChI is InChI=1S/C53H98NO10P/c1-3-5-7-9-11-13-15-17-19-21-23-24-25-27-28-30-32-34-36-38-40-42-44-51(55)61-46-49(47-62-65(59,60)63-48-50(54)53(57)58)64-52(56)45-43-41-39-37-35-33-31-29-26-22-20-18-16-14-12-10-8-6-4-2/h12,14,18,20,26,29,49-50H,3-11,13,15-17,19,21-25,27-28,30-48,54H2,1-2H3,(H,57,58)(H,59,60)/b14-12-,20-18-,29-26-. The number of aliphatic carboxylic acids is 1. The summed E-state index contributed by atoms with van der Waals surface area (Å²) in [5, 5.41) is 8.93. The smallest absolute Gasteiger partial charge is 0.472 e. The van der Waals surface area contributed by atoms with Crippen LogP contribution in [-0.2, 0) is 37.5 Å². The molecule has 0 saturated carbocycles. The average molecular weight is 940 g/mol. The maximum atomic E-state index is 12.7. The minimum atomic E-state index is -4.73. The third kappa shape index (κ3) is 48.0. The Balaban J connectivity index is 4.22. The molecule has 11 nitrogen and oxygen atoms in total. The predicted molar refractivity (Wildman–Crippen MR) is 268 cm³/mol. The topological polar surface area (TPSA) is 172 Å². The lowest BCUT2D eigenvalue weighted by molar-refractivity contribution is -0.161. The molecule has 0 aromatic rings. The summed E-state index contributed by atoms with van der Waals surface area (Å²) in [6, 6.07) is -1.52. The SMILES string of the molecule is CCCCC/C=C\C/C=C\C/C=C\CCCCCCCCC(=O)OC(COC(=O)CCCCCCCCCCCCCCCCCCCCCCCC)COP(=O)(O)OCC(N)C(=O)O. The molecule has 380 valence electrons. The van der Waals surface area contributed by atoms with E-state index in [1.54, 1.807) is 0 Å². The van der Waals surface area contributed by atoms with Gasteiger partial charge in [-0.1, -0.05) is 224 Å². The van der Waals surface area contributed by atoms with Gasteiger partial charge in [0, 0.05) is 12.8 Å². The van der Waals surface area contributed by atoms with Crippen molar-refractivity contribution in [2.45, 2.75) is 264 Å². The van der Waals surface area contributed by atoms with Crippen molar-refractivity contribution in [3.63, 3.8) is 0 Å². The number of ether oxygens (including phenoxy) is 2. The lowest BCUT2D eigenvalue weighted by Gasteiger charge is -2.20. The van der Waals surface area contributed by atoms with Gasteiger partial charge < -0.3 is 25.2 Å². The molecule has 0 saturated heterocycles. The van der Waals surface area contributed by atoms with Crippen LogP contribution in [0.5, 0.6) is 0 Å². The van der Waals surface area contributed by atoms with Gasteiger partial charge in [-0.3, -0.25) is 23.4 Å². The van der Waals surface area contributed by atoms with Gasteiger partial charge in [0.15, 0.2) is 6.10 Å². The summed E-state index contributed by atoms with van der Waals surface area (Å²) < 4.78 is 32.9. The van der Waals surface area contributed by atoms with Crippen molar-refractivity contribution in [2.75, 3.05) is 19.8 Å². The summed E-state index contributed by atoms with van der Waals surface area (Å²) in [4.78, 5) is 46.2. The van der Waals surface area contributed by atoms with E-state index in [9.17, 15) is 23.8 Å². The van der Waals surface area contributed by atoms with Gasteiger partial charge >= 0.3 is 25.7 Å². The molecule has 0 bridgehead atoms. The fourth-order valence-corrected chi connectivity index (χ4v) is 8.26. The molecule has 3 unspecified atom stereocenters. The number of carbonyl (C=O) groups is 3. The number of carboxylic acids is 1. The van der Waals surface area contributed by atoms with Crippen LogP contribution in [0.1, 0.15) is 251 Å². The maximum Gasteiger partial charge on any atom is 0.472 e. The molecule has 0 rings (SSSR count). The number of carbonyl (C=O) groups excluding carboxylic acids is 2. The molecule has 3 atom stereocenters. The van der Waals surface area contributed by atoms with E-state index in [2.05, 4.69) is 54.8 Å². The van der Waals surface area contributed by atoms with E-state index in [4.69, 9.17) is 24.8 Å². The average Bonchev–Trinajstić information content (AvgIpc) is 3.28. The summed E-state index contributed by atoms with van der Waals surface area (Å²) in [7, 11) is -4.73. The van der Waals surface area contributed by atoms with Crippen LogP contribution in [0.15, 0.2) is 36.5 Å². The third-order valence-electron chi connectivity index (χ3n) is 11.6. The van der Waals surface area contributed by atoms with Crippen LogP contribution < -0.4 is 5.73 Å². The summed E-state index contributed by atoms with van der Waals surface area (Å²) in [5.74, 6) is -2.38. The first kappa shape index (κ1) is 62.7. The molecule has 0 aromatic carbocycles. The Bertz CT molecular complexity index is 1240. The predicted octanol–water partition coefficient (Wildman–Crippen LogP) is 15.1. The number of allylic oxidation sites excluding steroid dienone is 6. The van der Waals surface area contributed by atoms with Crippen molar-refractivity contribution < 1.29 is 47.5 Å². The van der Waals surface area contributed by atoms with E-state index in [-0.39, 0.29) is 19.4 Å². The second kappa shape index (κ2) is 48.2. The fourth-order valence-electron chi connectivity index (χ4n) is 7.49. The highest BCUT2D eigenvalue weighted by Gasteiger charge is 2.28. The summed E-state index contributed by atoms with van der Waals surface area (Å²) in [6.07, 6.45) is 54.9. The molecular weight excluding hydrogens is 842 g/mol. The van der Waals surface area contributed by atoms with Crippen molar-refractivity contribution in [1.82, 2.24) is 0 Å². The second-order valence-electron chi connectivity index (χ2n) is 18.0. The summed E-state index contributed by atoms with van der Waals surface area (Å²) in [6.45, 7) is 2.81. The lowest BCUT2D eigenvalue weighted by Crippen LogP contribution is -2.34. The summed E-state index contributed by atoms with van der Waals surface area (Å²) >= 11 is 0. The van der Waals surface area contributed by atoms with Gasteiger partial charge in [0.2, 0.25) is 0 Å². The molecule has 65 heavy (non-hydrogen) atoms. The van der Waals surface area contributed by atoms with Crippen molar-refractivity contribution in [3.8, 4) is 0 Å². The Morgan fingerprint density at radius 1 is 0.477 bits per heavy atom. The quantitative estimate of drug-likeness (QED) is 0.0229. The van der Waals surface area contributed by atoms with Crippen molar-refractivity contribution in [2.24, 2.45) is 5.73 Å². The van der Waals surface area contributed by atoms with Crippen LogP contribution >= 0.6 is 7.82 Å². The van der Waals surface area contributed by atoms with E-state index < -0.39 is 51.1 Å². The first-order chi connectivity index (χ1) is 31.6. The normalized spacial score (nSPS) is 13.8. The van der Waals surface area contributed by atoms with Gasteiger partial charge in [0.05, 0.1) is 13.2 Å². The van der Waals surface area contributed by atoms with E-state index >= 15 is 0 Å². The molecule has 0 aromatic heterocycles. The van der Waals surface area contributed by atoms with Crippen LogP contribution in [-0.4, -0.2) is 59.9 Å². The van der Waals surface area contributed by atoms with Crippen LogP contribution in [0.3, 0.4) is 0 Å². The Morgan fingerprint density at radius 3 is 1.25 bits per heavy atom. The number of phosphoric ester groups is 1. The molecule has 0 aliphatic heterocycles. The zero-order valence-corrected chi connectivity index (χ0v) is 42.5. The number of hydrogen-bond donors (Lipinski definition) is 3. The third-order valence-corrected chi connectivity index (χ3v) is 12.6. The molecule has 0 aliphatic carbocycles. The first-order valence-corrected chi connectivity index (χ1v) is 28.0. The Kier molecular flexibility index (Phi) is 46.5. The van der Waals surface area contributed by atoms with Gasteiger partial charge in [-0.2, -0.15) is 0 Å². The molecule has 0 amide bonds. The first-order valence-electron chi connectivity index (χ1n) is 26.5. The van der Waals surface area contributed by atoms with Gasteiger partial charge in [-0.05, 0) is 51.4 Å². The Hall–Kier alpha value is -2.30. The number of nitrogens with two attached hydrogens (primary N) is 1. The highest BCUT2D eigenvalue weighted by Crippen LogP contribution is 2.43. The molecule has 0 fully saturated rings. The van der Waals surface area contributed by atoms with Gasteiger partial charge in [0.1, 0.15) is 12.6 Å². The van der Waals surface area contributed by atoms with E-state index in [1.165, 1.54) is 141 Å². The van der Waals surface area contributed by atoms with Gasteiger partial charge in [-0.25, -0.2) is 4.57 Å². The number of carboxylic acid groups (broad SMARTS) is 1. The number of phosphoric acid groups is 1. The Labute approximate surface area is 397 Å². The number of esters is 2. The highest BCUT2D eigenvalue weighted by atomic mass is 31.2. The minimum absolute atomic E-state index is 0.148. The molecule has 12 heteroatoms. The molecule has 0 aliphatic rings. The molecule has 0 spiro atoms. The fraction of sp³-hybridized carbons (Fsp3) is 0.830. The van der Waals surface area contributed by atoms with Crippen LogP contribution in [0.25, 0.3) is 0 Å². The van der Waals surface area contributed by atoms with E-state index in [0.717, 1.165) is 70.6 Å². The molecule has 4 N–H and O–H groups in total. The second-order valence-corrected chi connectivity index (χ2v) is 19.5. The molecular formula is C53H98NO10P. The number of rotatable bonds is 50. The molecule has 0 heterocycles. The molecule has 0 radical (unpaired) electrons. The van der Waals surface area contributed by atoms with Crippen LogP contribution in [0.2, 0.25) is 0 Å². The number of unbranched alkanes of at least 4 members (excludes halogenated alkanes) is 30. The largest absolute Gasteiger partial charge is 0.480 e. The zero-order valence-electron chi connectivity index (χ0n) is 41.6. The number of hydrogen-bond acceptors (Lipinski definition) is 9. The van der Waals surface area contributed by atoms with Crippen molar-refractivity contribution in [1.29, 1.82) is 0 Å².